The SMILES string of the molecule is CC#CCO/N=C/c1cc(Br)ccc1O. The second-order valence-electron chi connectivity index (χ2n) is 2.64. The molecule has 0 heterocycles. The number of hydrogen-bond acceptors (Lipinski definition) is 3. The molecule has 3 nitrogen and oxygen atoms in total. The maximum absolute atomic E-state index is 9.44. The van der Waals surface area contributed by atoms with Crippen molar-refractivity contribution >= 4 is 22.1 Å². The standard InChI is InChI=1S/C11H10BrNO2/c1-2-3-6-15-13-8-9-7-10(12)4-5-11(9)14/h4-5,7-8,14H,6H2,1H3/b13-8+. The van der Waals surface area contributed by atoms with E-state index in [0.29, 0.717) is 5.56 Å². The zero-order chi connectivity index (χ0) is 11.1. The van der Waals surface area contributed by atoms with Gasteiger partial charge in [0.25, 0.3) is 0 Å². The molecule has 1 N–H and O–H groups in total. The van der Waals surface area contributed by atoms with Crippen molar-refractivity contribution in [3.05, 3.63) is 28.2 Å². The van der Waals surface area contributed by atoms with E-state index in [1.54, 1.807) is 25.1 Å². The van der Waals surface area contributed by atoms with Crippen LogP contribution in [0.25, 0.3) is 0 Å². The largest absolute Gasteiger partial charge is 0.507 e. The van der Waals surface area contributed by atoms with Crippen molar-refractivity contribution in [2.24, 2.45) is 5.16 Å². The van der Waals surface area contributed by atoms with Gasteiger partial charge in [-0.05, 0) is 25.1 Å². The summed E-state index contributed by atoms with van der Waals surface area (Å²) >= 11 is 3.29. The predicted octanol–water partition coefficient (Wildman–Crippen LogP) is 2.53. The number of phenolic OH excluding ortho intramolecular Hbond substituents is 1. The second kappa shape index (κ2) is 6.10. The lowest BCUT2D eigenvalue weighted by Gasteiger charge is -1.98. The van der Waals surface area contributed by atoms with Crippen LogP contribution in [0.15, 0.2) is 27.8 Å². The highest BCUT2D eigenvalue weighted by atomic mass is 79.9. The molecule has 78 valence electrons. The van der Waals surface area contributed by atoms with Crippen LogP contribution in [0.3, 0.4) is 0 Å². The third-order valence-electron chi connectivity index (χ3n) is 1.57. The Labute approximate surface area is 96.9 Å². The van der Waals surface area contributed by atoms with Crippen LogP contribution in [-0.2, 0) is 4.84 Å². The van der Waals surface area contributed by atoms with Crippen LogP contribution in [0.4, 0.5) is 0 Å². The Morgan fingerprint density at radius 1 is 1.60 bits per heavy atom. The van der Waals surface area contributed by atoms with Crippen molar-refractivity contribution in [1.29, 1.82) is 0 Å². The minimum Gasteiger partial charge on any atom is -0.507 e. The highest BCUT2D eigenvalue weighted by Gasteiger charge is 1.98. The Hall–Kier alpha value is -1.47. The normalized spacial score (nSPS) is 9.73. The predicted molar refractivity (Wildman–Crippen MR) is 62.8 cm³/mol. The molecule has 0 unspecified atom stereocenters. The van der Waals surface area contributed by atoms with E-state index in [9.17, 15) is 5.11 Å². The Morgan fingerprint density at radius 2 is 2.40 bits per heavy atom. The minimum atomic E-state index is 0.159. The summed E-state index contributed by atoms with van der Waals surface area (Å²) in [5.74, 6) is 5.54. The first-order chi connectivity index (χ1) is 7.24. The highest BCUT2D eigenvalue weighted by Crippen LogP contribution is 2.19. The van der Waals surface area contributed by atoms with Crippen molar-refractivity contribution in [3.8, 4) is 17.6 Å². The van der Waals surface area contributed by atoms with Gasteiger partial charge in [-0.25, -0.2) is 0 Å². The van der Waals surface area contributed by atoms with Crippen molar-refractivity contribution in [2.45, 2.75) is 6.92 Å². The molecular weight excluding hydrogens is 258 g/mol. The van der Waals surface area contributed by atoms with Crippen LogP contribution in [-0.4, -0.2) is 17.9 Å². The molecular formula is C11H10BrNO2. The van der Waals surface area contributed by atoms with E-state index in [4.69, 9.17) is 4.84 Å². The van der Waals surface area contributed by atoms with Crippen molar-refractivity contribution in [1.82, 2.24) is 0 Å². The molecule has 0 aromatic heterocycles. The number of oxime groups is 1. The Morgan fingerprint density at radius 3 is 3.13 bits per heavy atom. The smallest absolute Gasteiger partial charge is 0.177 e. The Bertz CT molecular complexity index is 418. The van der Waals surface area contributed by atoms with Gasteiger partial charge in [0, 0.05) is 10.0 Å². The average molecular weight is 268 g/mol. The lowest BCUT2D eigenvalue weighted by atomic mass is 10.2. The minimum absolute atomic E-state index is 0.159. The number of hydrogen-bond donors (Lipinski definition) is 1. The molecule has 1 aromatic rings. The lowest BCUT2D eigenvalue weighted by molar-refractivity contribution is 0.181. The average Bonchev–Trinajstić information content (AvgIpc) is 2.23. The number of benzene rings is 1. The number of nitrogens with zero attached hydrogens (tertiary/aromatic N) is 1. The number of phenols is 1. The van der Waals surface area contributed by atoms with Gasteiger partial charge in [0.2, 0.25) is 0 Å². The van der Waals surface area contributed by atoms with E-state index in [1.165, 1.54) is 6.21 Å². The van der Waals surface area contributed by atoms with Gasteiger partial charge in [-0.15, -0.1) is 5.92 Å². The third kappa shape index (κ3) is 4.05. The van der Waals surface area contributed by atoms with E-state index >= 15 is 0 Å². The quantitative estimate of drug-likeness (QED) is 0.396. The first-order valence-electron chi connectivity index (χ1n) is 4.27. The fourth-order valence-corrected chi connectivity index (χ4v) is 1.24. The maximum Gasteiger partial charge on any atom is 0.177 e. The van der Waals surface area contributed by atoms with E-state index < -0.39 is 0 Å². The monoisotopic (exact) mass is 267 g/mol. The first-order valence-corrected chi connectivity index (χ1v) is 5.07. The van der Waals surface area contributed by atoms with Crippen LogP contribution in [0.1, 0.15) is 12.5 Å². The summed E-state index contributed by atoms with van der Waals surface area (Å²) in [7, 11) is 0. The Kier molecular flexibility index (Phi) is 4.72. The van der Waals surface area contributed by atoms with Gasteiger partial charge in [-0.3, -0.25) is 0 Å². The van der Waals surface area contributed by atoms with Gasteiger partial charge in [0.15, 0.2) is 6.61 Å². The molecule has 4 heteroatoms. The van der Waals surface area contributed by atoms with E-state index in [2.05, 4.69) is 32.9 Å². The fourth-order valence-electron chi connectivity index (χ4n) is 0.865. The molecule has 0 amide bonds. The third-order valence-corrected chi connectivity index (χ3v) is 2.06. The molecule has 0 aliphatic carbocycles. The lowest BCUT2D eigenvalue weighted by Crippen LogP contribution is -1.86. The summed E-state index contributed by atoms with van der Waals surface area (Å²) in [5.41, 5.74) is 0.592. The Balaban J connectivity index is 2.62. The van der Waals surface area contributed by atoms with Gasteiger partial charge in [-0.2, -0.15) is 0 Å². The van der Waals surface area contributed by atoms with Crippen LogP contribution >= 0.6 is 15.9 Å². The molecule has 1 rings (SSSR count). The molecule has 0 saturated carbocycles. The van der Waals surface area contributed by atoms with Crippen LogP contribution in [0, 0.1) is 11.8 Å². The van der Waals surface area contributed by atoms with Crippen molar-refractivity contribution < 1.29 is 9.94 Å². The summed E-state index contributed by atoms with van der Waals surface area (Å²) in [4.78, 5) is 4.84. The molecule has 0 aliphatic rings. The topological polar surface area (TPSA) is 41.8 Å². The molecule has 0 aliphatic heterocycles. The summed E-state index contributed by atoms with van der Waals surface area (Å²) in [6.07, 6.45) is 1.44. The molecule has 0 spiro atoms. The molecule has 15 heavy (non-hydrogen) atoms. The summed E-state index contributed by atoms with van der Waals surface area (Å²) in [6.45, 7) is 1.98. The van der Waals surface area contributed by atoms with Crippen molar-refractivity contribution in [2.75, 3.05) is 6.61 Å². The zero-order valence-electron chi connectivity index (χ0n) is 8.20. The fraction of sp³-hybridized carbons (Fsp3) is 0.182. The van der Waals surface area contributed by atoms with Gasteiger partial charge in [0.1, 0.15) is 5.75 Å². The van der Waals surface area contributed by atoms with Crippen molar-refractivity contribution in [3.63, 3.8) is 0 Å². The van der Waals surface area contributed by atoms with E-state index in [-0.39, 0.29) is 12.4 Å². The second-order valence-corrected chi connectivity index (χ2v) is 3.55. The van der Waals surface area contributed by atoms with E-state index in [1.807, 2.05) is 0 Å². The summed E-state index contributed by atoms with van der Waals surface area (Å²) in [6, 6.07) is 5.07. The van der Waals surface area contributed by atoms with Crippen LogP contribution < -0.4 is 0 Å². The van der Waals surface area contributed by atoms with Crippen LogP contribution in [0.2, 0.25) is 0 Å². The number of aromatic hydroxyl groups is 1. The van der Waals surface area contributed by atoms with Gasteiger partial charge in [-0.1, -0.05) is 27.0 Å². The highest BCUT2D eigenvalue weighted by molar-refractivity contribution is 9.10. The summed E-state index contributed by atoms with van der Waals surface area (Å²) < 4.78 is 0.870. The maximum atomic E-state index is 9.44. The van der Waals surface area contributed by atoms with Gasteiger partial charge < -0.3 is 9.94 Å². The number of rotatable bonds is 3. The molecule has 0 fully saturated rings. The molecule has 0 atom stereocenters. The number of halogens is 1. The molecule has 0 bridgehead atoms. The first kappa shape index (κ1) is 11.6. The van der Waals surface area contributed by atoms with Crippen LogP contribution in [0.5, 0.6) is 5.75 Å². The zero-order valence-corrected chi connectivity index (χ0v) is 9.78. The van der Waals surface area contributed by atoms with Gasteiger partial charge in [0.05, 0.1) is 6.21 Å². The van der Waals surface area contributed by atoms with Gasteiger partial charge >= 0.3 is 0 Å². The molecule has 0 radical (unpaired) electrons. The molecule has 1 aromatic carbocycles. The summed E-state index contributed by atoms with van der Waals surface area (Å²) in [5, 5.41) is 13.1. The van der Waals surface area contributed by atoms with E-state index in [0.717, 1.165) is 4.47 Å². The molecule has 0 saturated heterocycles.